The number of esters is 1. The predicted octanol–water partition coefficient (Wildman–Crippen LogP) is 2.45. The van der Waals surface area contributed by atoms with Crippen molar-refractivity contribution < 1.29 is 28.4 Å². The minimum absolute atomic E-state index is 0.00677. The van der Waals surface area contributed by atoms with Gasteiger partial charge in [0.1, 0.15) is 23.9 Å². The molecule has 0 aliphatic carbocycles. The number of nitrogen functional groups attached to an aromatic ring is 1. The summed E-state index contributed by atoms with van der Waals surface area (Å²) in [5, 5.41) is 6.27. The lowest BCUT2D eigenvalue weighted by atomic mass is 9.86. The normalized spacial score (nSPS) is 21.8. The van der Waals surface area contributed by atoms with E-state index in [9.17, 15) is 14.4 Å². The number of aromatic nitrogens is 2. The number of anilines is 1. The fourth-order valence-corrected chi connectivity index (χ4v) is 7.05. The summed E-state index contributed by atoms with van der Waals surface area (Å²) in [6.07, 6.45) is 3.24. The maximum atomic E-state index is 14.2. The van der Waals surface area contributed by atoms with Crippen LogP contribution in [0.2, 0.25) is 0 Å². The van der Waals surface area contributed by atoms with Gasteiger partial charge >= 0.3 is 5.97 Å². The number of benzene rings is 2. The number of nitrogens with one attached hydrogen (secondary N) is 1. The average Bonchev–Trinajstić information content (AvgIpc) is 3.46. The molecule has 0 saturated carbocycles. The molecule has 2 aromatic carbocycles. The van der Waals surface area contributed by atoms with Crippen molar-refractivity contribution >= 4 is 51.9 Å². The van der Waals surface area contributed by atoms with E-state index < -0.39 is 29.4 Å². The Hall–Kier alpha value is -4.27. The summed E-state index contributed by atoms with van der Waals surface area (Å²) in [7, 11) is 7.47. The lowest BCUT2D eigenvalue weighted by Gasteiger charge is -2.53. The van der Waals surface area contributed by atoms with E-state index in [-0.39, 0.29) is 34.5 Å². The van der Waals surface area contributed by atoms with Crippen LogP contribution in [0.5, 0.6) is 0 Å². The molecule has 3 atom stereocenters. The number of hydrogen-bond acceptors (Lipinski definition) is 11. The van der Waals surface area contributed by atoms with E-state index >= 15 is 0 Å². The molecule has 1 aromatic heterocycles. The first-order valence-corrected chi connectivity index (χ1v) is 16.1. The molecule has 0 spiro atoms. The second kappa shape index (κ2) is 13.4. The molecule has 45 heavy (non-hydrogen) atoms. The summed E-state index contributed by atoms with van der Waals surface area (Å²) in [4.78, 5) is 51.3. The second-order valence-electron chi connectivity index (χ2n) is 11.8. The zero-order chi connectivity index (χ0) is 32.2. The fraction of sp³-hybridized carbons (Fsp3) is 0.355. The number of oxime groups is 1. The van der Waals surface area contributed by atoms with Crippen molar-refractivity contribution in [3.8, 4) is 0 Å². The molecule has 2 aliphatic heterocycles. The number of quaternary nitrogens is 1. The lowest BCUT2D eigenvalue weighted by molar-refractivity contribution is -0.864. The number of nitrogens with two attached hydrogens (primary N) is 1. The van der Waals surface area contributed by atoms with Crippen LogP contribution in [0.25, 0.3) is 0 Å². The Morgan fingerprint density at radius 3 is 2.36 bits per heavy atom. The maximum absolute atomic E-state index is 14.2. The summed E-state index contributed by atoms with van der Waals surface area (Å²) in [6.45, 7) is 0.787. The van der Waals surface area contributed by atoms with Crippen LogP contribution in [-0.4, -0.2) is 101 Å². The molecule has 14 heteroatoms. The molecule has 0 radical (unpaired) electrons. The van der Waals surface area contributed by atoms with Gasteiger partial charge in [0, 0.05) is 23.8 Å². The van der Waals surface area contributed by atoms with E-state index in [1.54, 1.807) is 4.90 Å². The summed E-state index contributed by atoms with van der Waals surface area (Å²) >= 11 is 2.33. The Morgan fingerprint density at radius 2 is 1.80 bits per heavy atom. The highest BCUT2D eigenvalue weighted by Gasteiger charge is 2.57. The van der Waals surface area contributed by atoms with Crippen LogP contribution in [0.1, 0.15) is 23.1 Å². The number of β-lactam (4-membered cyclic amide) rings is 1. The molecular formula is C31H36N7O5S2+. The Bertz CT molecular complexity index is 1550. The van der Waals surface area contributed by atoms with E-state index in [0.717, 1.165) is 22.7 Å². The van der Waals surface area contributed by atoms with Crippen molar-refractivity contribution in [2.24, 2.45) is 10.6 Å². The summed E-state index contributed by atoms with van der Waals surface area (Å²) in [6, 6.07) is 18.4. The van der Waals surface area contributed by atoms with Gasteiger partial charge in [0.25, 0.3) is 5.91 Å². The van der Waals surface area contributed by atoms with Crippen molar-refractivity contribution in [2.75, 3.05) is 52.8 Å². The van der Waals surface area contributed by atoms with Gasteiger partial charge < -0.3 is 30.0 Å². The molecule has 3 N–H and O–H groups in total. The molecule has 0 bridgehead atoms. The zero-order valence-electron chi connectivity index (χ0n) is 25.5. The average molecular weight is 651 g/mol. The van der Waals surface area contributed by atoms with Crippen LogP contribution in [0.15, 0.2) is 78.0 Å². The molecule has 3 heterocycles. The van der Waals surface area contributed by atoms with Crippen LogP contribution < -0.4 is 11.1 Å². The minimum Gasteiger partial charge on any atom is -0.452 e. The number of hydrogen-bond donors (Lipinski definition) is 2. The number of likely N-dealkylation sites (N-methyl/N-ethyl adjacent to an activating group) is 1. The highest BCUT2D eigenvalue weighted by molar-refractivity contribution is 8.00. The van der Waals surface area contributed by atoms with Crippen molar-refractivity contribution in [1.82, 2.24) is 19.6 Å². The summed E-state index contributed by atoms with van der Waals surface area (Å²) in [5.74, 6) is -1.05. The lowest BCUT2D eigenvalue weighted by Crippen LogP contribution is -2.74. The third-order valence-electron chi connectivity index (χ3n) is 7.37. The Kier molecular flexibility index (Phi) is 9.56. The van der Waals surface area contributed by atoms with Crippen molar-refractivity contribution in [3.63, 3.8) is 0 Å². The third-order valence-corrected chi connectivity index (χ3v) is 9.46. The molecule has 2 fully saturated rings. The largest absolute Gasteiger partial charge is 0.452 e. The van der Waals surface area contributed by atoms with Gasteiger partial charge in [-0.05, 0) is 17.2 Å². The maximum Gasteiger partial charge on any atom is 0.319 e. The van der Waals surface area contributed by atoms with Gasteiger partial charge in [0.05, 0.1) is 27.7 Å². The van der Waals surface area contributed by atoms with Crippen LogP contribution in [-0.2, 0) is 24.0 Å². The van der Waals surface area contributed by atoms with Crippen molar-refractivity contribution in [2.45, 2.75) is 17.5 Å². The Balaban J connectivity index is 1.37. The number of fused-ring (bicyclic) bond motifs is 1. The smallest absolute Gasteiger partial charge is 0.319 e. The van der Waals surface area contributed by atoms with Crippen LogP contribution in [0.3, 0.4) is 0 Å². The van der Waals surface area contributed by atoms with Gasteiger partial charge in [0.15, 0.2) is 11.2 Å². The van der Waals surface area contributed by atoms with Crippen LogP contribution >= 0.6 is 23.3 Å². The van der Waals surface area contributed by atoms with Gasteiger partial charge in [-0.1, -0.05) is 71.9 Å². The van der Waals surface area contributed by atoms with E-state index in [0.29, 0.717) is 16.8 Å². The topological polar surface area (TPSA) is 149 Å². The number of thioether (sulfide) groups is 1. The number of nitrogens with zero attached hydrogens (tertiary/aromatic N) is 5. The van der Waals surface area contributed by atoms with Crippen LogP contribution in [0, 0.1) is 5.41 Å². The number of ether oxygens (including phenoxy) is 1. The predicted molar refractivity (Wildman–Crippen MR) is 173 cm³/mol. The Morgan fingerprint density at radius 1 is 1.16 bits per heavy atom. The van der Waals surface area contributed by atoms with E-state index in [4.69, 9.17) is 15.3 Å². The molecule has 2 aliphatic rings. The first-order valence-electron chi connectivity index (χ1n) is 14.2. The van der Waals surface area contributed by atoms with Gasteiger partial charge in [-0.2, -0.15) is 9.36 Å². The number of amides is 2. The molecule has 12 nitrogen and oxygen atoms in total. The SMILES string of the molecule is CON=C(C(=O)NC1C(=O)N2CC(C=CC[N+](C)(C)C)(C(=O)OC(c3ccccc3)c3ccccc3)CS[C@H]12)c1nsc(N)n1. The van der Waals surface area contributed by atoms with Crippen LogP contribution in [0.4, 0.5) is 5.13 Å². The van der Waals surface area contributed by atoms with Gasteiger partial charge in [-0.25, -0.2) is 0 Å². The number of rotatable bonds is 11. The van der Waals surface area contributed by atoms with E-state index in [2.05, 4.69) is 41.0 Å². The molecule has 236 valence electrons. The minimum atomic E-state index is -1.10. The molecule has 3 aromatic rings. The molecule has 2 amide bonds. The number of carbonyl (C=O) groups is 3. The molecule has 5 rings (SSSR count). The fourth-order valence-electron chi connectivity index (χ4n) is 5.11. The highest BCUT2D eigenvalue weighted by Crippen LogP contribution is 2.44. The van der Waals surface area contributed by atoms with Gasteiger partial charge in [-0.3, -0.25) is 14.4 Å². The highest BCUT2D eigenvalue weighted by atomic mass is 32.2. The van der Waals surface area contributed by atoms with Gasteiger partial charge in [0.2, 0.25) is 17.4 Å². The molecular weight excluding hydrogens is 615 g/mol. The molecule has 2 unspecified atom stereocenters. The summed E-state index contributed by atoms with van der Waals surface area (Å²) < 4.78 is 11.0. The van der Waals surface area contributed by atoms with Crippen molar-refractivity contribution in [1.29, 1.82) is 0 Å². The van der Waals surface area contributed by atoms with E-state index in [1.807, 2.05) is 72.8 Å². The number of carbonyl (C=O) groups excluding carboxylic acids is 3. The van der Waals surface area contributed by atoms with Gasteiger partial charge in [-0.15, -0.1) is 11.8 Å². The summed E-state index contributed by atoms with van der Waals surface area (Å²) in [5.41, 5.74) is 6.07. The van der Waals surface area contributed by atoms with Crippen molar-refractivity contribution in [3.05, 3.63) is 89.8 Å². The monoisotopic (exact) mass is 650 g/mol. The first-order chi connectivity index (χ1) is 21.5. The standard InChI is InChI=1S/C31H35N7O5S2/c1-38(2,3)17-11-16-31(29(41)43-24(20-12-7-5-8-13-20)21-14-9-6-10-15-21)18-37-27(40)23(28(37)44-19-31)33-26(39)22(35-42-4)25-34-30(32)45-36-25/h5-16,23-24,28H,17-19H2,1-4H3,(H2-,32,33,34,36,39)/p+1/t23?,28-,31?/m1/s1. The quantitative estimate of drug-likeness (QED) is 0.0797. The first kappa shape index (κ1) is 32.1. The third kappa shape index (κ3) is 7.18. The second-order valence-corrected chi connectivity index (χ2v) is 13.7. The van der Waals surface area contributed by atoms with E-state index in [1.165, 1.54) is 18.9 Å². The Labute approximate surface area is 270 Å². The zero-order valence-corrected chi connectivity index (χ0v) is 27.1. The molecule has 2 saturated heterocycles.